The largest absolute Gasteiger partial charge is 0.478 e. The van der Waals surface area contributed by atoms with Gasteiger partial charge in [-0.15, -0.1) is 11.3 Å². The van der Waals surface area contributed by atoms with Gasteiger partial charge in [-0.3, -0.25) is 5.32 Å². The number of thiophene rings is 1. The number of anilines is 1. The predicted molar refractivity (Wildman–Crippen MR) is 107 cm³/mol. The predicted octanol–water partition coefficient (Wildman–Crippen LogP) is 5.10. The number of benzene rings is 1. The first-order valence-electron chi connectivity index (χ1n) is 8.35. The van der Waals surface area contributed by atoms with E-state index < -0.39 is 17.5 Å². The van der Waals surface area contributed by atoms with Crippen LogP contribution in [0.15, 0.2) is 36.9 Å². The summed E-state index contributed by atoms with van der Waals surface area (Å²) in [4.78, 5) is 24.7. The summed E-state index contributed by atoms with van der Waals surface area (Å²) >= 11 is 1.28. The number of aromatic carboxylic acids is 1. The normalized spacial score (nSPS) is 11.1. The molecular weight excluding hydrogens is 348 g/mol. The minimum atomic E-state index is -1.05. The number of rotatable bonds is 6. The average Bonchev–Trinajstić information content (AvgIpc) is 2.97. The van der Waals surface area contributed by atoms with Crippen LogP contribution in [0.4, 0.5) is 9.80 Å². The van der Waals surface area contributed by atoms with Crippen LogP contribution in [0.2, 0.25) is 0 Å². The molecule has 0 radical (unpaired) electrons. The zero-order valence-electron chi connectivity index (χ0n) is 15.5. The van der Waals surface area contributed by atoms with Gasteiger partial charge in [0, 0.05) is 4.88 Å². The molecule has 0 saturated heterocycles. The molecule has 6 heteroatoms. The third-order valence-electron chi connectivity index (χ3n) is 4.09. The fourth-order valence-corrected chi connectivity index (χ4v) is 3.52. The summed E-state index contributed by atoms with van der Waals surface area (Å²) in [6, 6.07) is 8.99. The number of hydrogen-bond acceptors (Lipinski definition) is 3. The lowest BCUT2D eigenvalue weighted by Crippen LogP contribution is -2.43. The van der Waals surface area contributed by atoms with E-state index in [4.69, 9.17) is 0 Å². The van der Waals surface area contributed by atoms with Crippen molar-refractivity contribution >= 4 is 33.9 Å². The minimum absolute atomic E-state index is 0.115. The molecule has 0 aliphatic rings. The van der Waals surface area contributed by atoms with Crippen LogP contribution in [0.3, 0.4) is 0 Å². The molecular formula is C20H24N2O3S. The van der Waals surface area contributed by atoms with Crippen molar-refractivity contribution in [1.82, 2.24) is 5.32 Å². The van der Waals surface area contributed by atoms with Crippen LogP contribution in [0.25, 0.3) is 5.57 Å². The molecule has 0 atom stereocenters. The number of carbonyl (C=O) groups excluding carboxylic acids is 1. The van der Waals surface area contributed by atoms with E-state index in [-0.39, 0.29) is 5.56 Å². The number of nitrogens with one attached hydrogen (secondary N) is 2. The maximum Gasteiger partial charge on any atom is 0.338 e. The number of amides is 2. The Kier molecular flexibility index (Phi) is 5.87. The number of aryl methyl sites for hydroxylation is 1. The van der Waals surface area contributed by atoms with Gasteiger partial charge in [-0.25, -0.2) is 9.59 Å². The van der Waals surface area contributed by atoms with Gasteiger partial charge in [0.2, 0.25) is 0 Å². The molecule has 2 rings (SSSR count). The Balaban J connectivity index is 2.19. The van der Waals surface area contributed by atoms with Gasteiger partial charge in [0.25, 0.3) is 0 Å². The van der Waals surface area contributed by atoms with Gasteiger partial charge in [-0.05, 0) is 50.5 Å². The van der Waals surface area contributed by atoms with Gasteiger partial charge in [0.15, 0.2) is 0 Å². The number of carboxylic acid groups (broad SMARTS) is 1. The lowest BCUT2D eigenvalue weighted by atomic mass is 9.92. The quantitative estimate of drug-likeness (QED) is 0.660. The van der Waals surface area contributed by atoms with Gasteiger partial charge >= 0.3 is 12.0 Å². The van der Waals surface area contributed by atoms with E-state index in [0.29, 0.717) is 11.4 Å². The van der Waals surface area contributed by atoms with Crippen LogP contribution in [-0.2, 0) is 12.0 Å². The molecule has 26 heavy (non-hydrogen) atoms. The molecule has 0 spiro atoms. The highest BCUT2D eigenvalue weighted by Gasteiger charge is 2.25. The molecule has 1 aromatic carbocycles. The molecule has 0 aliphatic carbocycles. The third kappa shape index (κ3) is 4.52. The second-order valence-corrected chi connectivity index (χ2v) is 7.82. The number of urea groups is 1. The molecule has 1 aromatic heterocycles. The Labute approximate surface area is 157 Å². The van der Waals surface area contributed by atoms with Crippen molar-refractivity contribution in [3.63, 3.8) is 0 Å². The molecule has 2 aromatic rings. The highest BCUT2D eigenvalue weighted by Crippen LogP contribution is 2.29. The second kappa shape index (κ2) is 7.74. The van der Waals surface area contributed by atoms with E-state index >= 15 is 0 Å². The summed E-state index contributed by atoms with van der Waals surface area (Å²) in [6.07, 6.45) is 0.716. The Morgan fingerprint density at radius 2 is 1.96 bits per heavy atom. The zero-order chi connectivity index (χ0) is 19.5. The molecule has 0 aliphatic heterocycles. The standard InChI is InChI=1S/C20H24N2O3S/c1-6-15-11-16(18(23)24)17(26-15)21-19(25)22-20(4,5)14-9-7-8-13(10-14)12(2)3/h7-11H,2,6H2,1,3-5H3,(H,23,24)(H2,21,22,25). The number of allylic oxidation sites excluding steroid dienone is 1. The summed E-state index contributed by atoms with van der Waals surface area (Å²) < 4.78 is 0. The third-order valence-corrected chi connectivity index (χ3v) is 5.29. The summed E-state index contributed by atoms with van der Waals surface area (Å²) in [5, 5.41) is 15.2. The van der Waals surface area contributed by atoms with Crippen molar-refractivity contribution in [2.45, 2.75) is 39.7 Å². The molecule has 0 fully saturated rings. The zero-order valence-corrected chi connectivity index (χ0v) is 16.3. The van der Waals surface area contributed by atoms with Gasteiger partial charge in [0.05, 0.1) is 11.1 Å². The second-order valence-electron chi connectivity index (χ2n) is 6.68. The van der Waals surface area contributed by atoms with E-state index in [1.807, 2.05) is 52.0 Å². The lowest BCUT2D eigenvalue weighted by Gasteiger charge is -2.27. The van der Waals surface area contributed by atoms with Crippen molar-refractivity contribution < 1.29 is 14.7 Å². The molecule has 0 unspecified atom stereocenters. The topological polar surface area (TPSA) is 78.4 Å². The average molecular weight is 372 g/mol. The highest BCUT2D eigenvalue weighted by atomic mass is 32.1. The SMILES string of the molecule is C=C(C)c1cccc(C(C)(C)NC(=O)Nc2sc(CC)cc2C(=O)O)c1. The van der Waals surface area contributed by atoms with E-state index in [9.17, 15) is 14.7 Å². The fraction of sp³-hybridized carbons (Fsp3) is 0.300. The first kappa shape index (κ1) is 19.7. The Morgan fingerprint density at radius 3 is 2.54 bits per heavy atom. The van der Waals surface area contributed by atoms with Gasteiger partial charge < -0.3 is 10.4 Å². The van der Waals surface area contributed by atoms with Gasteiger partial charge in [-0.2, -0.15) is 0 Å². The van der Waals surface area contributed by atoms with Crippen LogP contribution in [0, 0.1) is 0 Å². The van der Waals surface area contributed by atoms with Crippen molar-refractivity contribution in [2.24, 2.45) is 0 Å². The molecule has 3 N–H and O–H groups in total. The van der Waals surface area contributed by atoms with Crippen LogP contribution in [-0.4, -0.2) is 17.1 Å². The monoisotopic (exact) mass is 372 g/mol. The molecule has 1 heterocycles. The first-order valence-corrected chi connectivity index (χ1v) is 9.17. The van der Waals surface area contributed by atoms with E-state index in [0.717, 1.165) is 21.6 Å². The Morgan fingerprint density at radius 1 is 1.27 bits per heavy atom. The van der Waals surface area contributed by atoms with Crippen LogP contribution < -0.4 is 10.6 Å². The summed E-state index contributed by atoms with van der Waals surface area (Å²) in [5.41, 5.74) is 2.38. The van der Waals surface area contributed by atoms with Crippen molar-refractivity contribution in [1.29, 1.82) is 0 Å². The van der Waals surface area contributed by atoms with E-state index in [1.165, 1.54) is 11.3 Å². The van der Waals surface area contributed by atoms with E-state index in [2.05, 4.69) is 17.2 Å². The number of carboxylic acids is 1. The summed E-state index contributed by atoms with van der Waals surface area (Å²) in [6.45, 7) is 11.6. The van der Waals surface area contributed by atoms with Crippen molar-refractivity contribution in [2.75, 3.05) is 5.32 Å². The Hall–Kier alpha value is -2.60. The number of carbonyl (C=O) groups is 2. The molecule has 0 bridgehead atoms. The van der Waals surface area contributed by atoms with Gasteiger partial charge in [-0.1, -0.05) is 37.3 Å². The number of hydrogen-bond donors (Lipinski definition) is 3. The molecule has 138 valence electrons. The Bertz CT molecular complexity index is 852. The first-order chi connectivity index (χ1) is 12.1. The maximum absolute atomic E-state index is 12.5. The fourth-order valence-electron chi connectivity index (χ4n) is 2.53. The van der Waals surface area contributed by atoms with Crippen molar-refractivity contribution in [3.05, 3.63) is 58.5 Å². The van der Waals surface area contributed by atoms with E-state index in [1.54, 1.807) is 6.07 Å². The van der Waals surface area contributed by atoms with Crippen LogP contribution >= 0.6 is 11.3 Å². The molecule has 5 nitrogen and oxygen atoms in total. The van der Waals surface area contributed by atoms with Crippen molar-refractivity contribution in [3.8, 4) is 0 Å². The highest BCUT2D eigenvalue weighted by molar-refractivity contribution is 7.16. The molecule has 0 saturated carbocycles. The smallest absolute Gasteiger partial charge is 0.338 e. The summed E-state index contributed by atoms with van der Waals surface area (Å²) in [5.74, 6) is -1.05. The summed E-state index contributed by atoms with van der Waals surface area (Å²) in [7, 11) is 0. The lowest BCUT2D eigenvalue weighted by molar-refractivity contribution is 0.0698. The molecule has 2 amide bonds. The van der Waals surface area contributed by atoms with Gasteiger partial charge in [0.1, 0.15) is 5.00 Å². The van der Waals surface area contributed by atoms with Crippen LogP contribution in [0.1, 0.15) is 54.1 Å². The maximum atomic E-state index is 12.5. The van der Waals surface area contributed by atoms with Crippen LogP contribution in [0.5, 0.6) is 0 Å². The minimum Gasteiger partial charge on any atom is -0.478 e.